The third-order valence-electron chi connectivity index (χ3n) is 3.38. The van der Waals surface area contributed by atoms with Gasteiger partial charge in [-0.05, 0) is 26.7 Å². The predicted molar refractivity (Wildman–Crippen MR) is 83.6 cm³/mol. The minimum Gasteiger partial charge on any atom is -0.446 e. The monoisotopic (exact) mass is 304 g/mol. The largest absolute Gasteiger partial charge is 0.446 e. The first-order chi connectivity index (χ1) is 10.2. The molecule has 0 saturated carbocycles. The van der Waals surface area contributed by atoms with Crippen molar-refractivity contribution < 1.29 is 19.1 Å². The molecule has 0 bridgehead atoms. The van der Waals surface area contributed by atoms with Crippen LogP contribution in [0.5, 0.6) is 0 Å². The summed E-state index contributed by atoms with van der Waals surface area (Å²) in [6.07, 6.45) is 4.33. The van der Waals surface area contributed by atoms with Crippen LogP contribution in [0.4, 0.5) is 0 Å². The second kappa shape index (κ2) is 7.90. The van der Waals surface area contributed by atoms with Gasteiger partial charge in [-0.1, -0.05) is 23.7 Å². The quantitative estimate of drug-likeness (QED) is 0.581. The maximum atomic E-state index is 11.3. The fraction of sp³-hybridized carbons (Fsp3) is 0.667. The molecule has 2 unspecified atom stereocenters. The summed E-state index contributed by atoms with van der Waals surface area (Å²) in [5.74, 6) is 11.5. The molecule has 120 valence electrons. The van der Waals surface area contributed by atoms with Crippen molar-refractivity contribution >= 4 is 11.9 Å². The average Bonchev–Trinajstić information content (AvgIpc) is 2.37. The molecular weight excluding hydrogens is 280 g/mol. The van der Waals surface area contributed by atoms with Crippen LogP contribution < -0.4 is 0 Å². The molecule has 0 aliphatic heterocycles. The van der Waals surface area contributed by atoms with Crippen LogP contribution in [0.15, 0.2) is 0 Å². The summed E-state index contributed by atoms with van der Waals surface area (Å²) >= 11 is 0. The minimum absolute atomic E-state index is 0.371. The van der Waals surface area contributed by atoms with E-state index in [1.165, 1.54) is 13.8 Å². The average molecular weight is 304 g/mol. The maximum Gasteiger partial charge on any atom is 0.304 e. The SMILES string of the molecule is CC(=O)OC1(C)C#CCCCCC#CC(C)(OC(C)=O)CC1. The first-order valence-corrected chi connectivity index (χ1v) is 7.64. The fourth-order valence-electron chi connectivity index (χ4n) is 2.32. The molecule has 0 N–H and O–H groups in total. The van der Waals surface area contributed by atoms with Gasteiger partial charge in [0.25, 0.3) is 0 Å². The smallest absolute Gasteiger partial charge is 0.304 e. The van der Waals surface area contributed by atoms with Gasteiger partial charge in [0.15, 0.2) is 11.2 Å². The van der Waals surface area contributed by atoms with E-state index in [1.807, 2.05) is 0 Å². The Kier molecular flexibility index (Phi) is 6.50. The summed E-state index contributed by atoms with van der Waals surface area (Å²) in [5.41, 5.74) is -1.76. The molecule has 1 aliphatic carbocycles. The van der Waals surface area contributed by atoms with Crippen molar-refractivity contribution in [2.75, 3.05) is 0 Å². The van der Waals surface area contributed by atoms with Crippen molar-refractivity contribution in [3.63, 3.8) is 0 Å². The Morgan fingerprint density at radius 3 is 1.50 bits per heavy atom. The Morgan fingerprint density at radius 2 is 1.18 bits per heavy atom. The van der Waals surface area contributed by atoms with Crippen LogP contribution in [-0.2, 0) is 19.1 Å². The summed E-state index contributed by atoms with van der Waals surface area (Å²) in [5, 5.41) is 0. The Balaban J connectivity index is 3.00. The summed E-state index contributed by atoms with van der Waals surface area (Å²) in [6.45, 7) is 6.31. The zero-order valence-electron chi connectivity index (χ0n) is 13.9. The molecule has 0 aromatic rings. The van der Waals surface area contributed by atoms with Crippen molar-refractivity contribution in [3.05, 3.63) is 0 Å². The molecule has 0 saturated heterocycles. The van der Waals surface area contributed by atoms with Crippen LogP contribution in [0, 0.1) is 23.7 Å². The number of rotatable bonds is 2. The molecule has 0 aromatic heterocycles. The van der Waals surface area contributed by atoms with Gasteiger partial charge in [-0.2, -0.15) is 0 Å². The molecule has 0 amide bonds. The van der Waals surface area contributed by atoms with Gasteiger partial charge in [0.1, 0.15) is 0 Å². The second-order valence-corrected chi connectivity index (χ2v) is 5.96. The summed E-state index contributed by atoms with van der Waals surface area (Å²) < 4.78 is 10.8. The second-order valence-electron chi connectivity index (χ2n) is 5.96. The van der Waals surface area contributed by atoms with E-state index >= 15 is 0 Å². The van der Waals surface area contributed by atoms with E-state index in [0.29, 0.717) is 12.8 Å². The fourth-order valence-corrected chi connectivity index (χ4v) is 2.32. The van der Waals surface area contributed by atoms with Crippen LogP contribution in [-0.4, -0.2) is 23.1 Å². The zero-order valence-corrected chi connectivity index (χ0v) is 13.9. The minimum atomic E-state index is -0.881. The lowest BCUT2D eigenvalue weighted by atomic mass is 9.91. The highest BCUT2D eigenvalue weighted by atomic mass is 16.6. The van der Waals surface area contributed by atoms with Crippen LogP contribution >= 0.6 is 0 Å². The Labute approximate surface area is 132 Å². The molecule has 2 atom stereocenters. The van der Waals surface area contributed by atoms with Crippen molar-refractivity contribution in [1.29, 1.82) is 0 Å². The van der Waals surface area contributed by atoms with Crippen LogP contribution in [0.25, 0.3) is 0 Å². The van der Waals surface area contributed by atoms with Gasteiger partial charge in [0.2, 0.25) is 0 Å². The van der Waals surface area contributed by atoms with E-state index in [2.05, 4.69) is 23.7 Å². The van der Waals surface area contributed by atoms with Crippen LogP contribution in [0.3, 0.4) is 0 Å². The molecule has 0 fully saturated rings. The highest BCUT2D eigenvalue weighted by molar-refractivity contribution is 5.67. The lowest BCUT2D eigenvalue weighted by molar-refractivity contribution is -0.156. The molecular formula is C18H24O4. The number of hydrogen-bond acceptors (Lipinski definition) is 4. The van der Waals surface area contributed by atoms with E-state index in [0.717, 1.165) is 25.7 Å². The number of ether oxygens (including phenoxy) is 2. The van der Waals surface area contributed by atoms with E-state index < -0.39 is 11.2 Å². The van der Waals surface area contributed by atoms with E-state index in [-0.39, 0.29) is 11.9 Å². The predicted octanol–water partition coefficient (Wildman–Crippen LogP) is 2.99. The highest BCUT2D eigenvalue weighted by Crippen LogP contribution is 2.26. The molecule has 0 spiro atoms. The van der Waals surface area contributed by atoms with Gasteiger partial charge < -0.3 is 9.47 Å². The van der Waals surface area contributed by atoms with Crippen LogP contribution in [0.2, 0.25) is 0 Å². The van der Waals surface area contributed by atoms with E-state index in [4.69, 9.17) is 9.47 Å². The van der Waals surface area contributed by atoms with Crippen molar-refractivity contribution in [3.8, 4) is 23.7 Å². The van der Waals surface area contributed by atoms with Crippen molar-refractivity contribution in [2.24, 2.45) is 0 Å². The third-order valence-corrected chi connectivity index (χ3v) is 3.38. The topological polar surface area (TPSA) is 52.6 Å². The lowest BCUT2D eigenvalue weighted by Crippen LogP contribution is -2.36. The summed E-state index contributed by atoms with van der Waals surface area (Å²) in [6, 6.07) is 0. The molecule has 0 heterocycles. The van der Waals surface area contributed by atoms with Gasteiger partial charge in [-0.25, -0.2) is 0 Å². The standard InChI is InChI=1S/C18H24O4/c1-15(19)21-17(3)11-9-7-5-6-8-10-12-18(4,14-13-17)22-16(2)20/h5-8,13-14H2,1-4H3. The van der Waals surface area contributed by atoms with Gasteiger partial charge in [0, 0.05) is 39.5 Å². The zero-order chi connectivity index (χ0) is 16.6. The molecule has 4 nitrogen and oxygen atoms in total. The van der Waals surface area contributed by atoms with Crippen molar-refractivity contribution in [1.82, 2.24) is 0 Å². The third kappa shape index (κ3) is 6.68. The number of hydrogen-bond donors (Lipinski definition) is 0. The summed E-state index contributed by atoms with van der Waals surface area (Å²) in [7, 11) is 0. The van der Waals surface area contributed by atoms with E-state index in [1.54, 1.807) is 13.8 Å². The Bertz CT molecular complexity index is 493. The van der Waals surface area contributed by atoms with Gasteiger partial charge in [-0.3, -0.25) is 9.59 Å². The maximum absolute atomic E-state index is 11.3. The number of carbonyl (C=O) groups excluding carboxylic acids is 2. The number of esters is 2. The molecule has 22 heavy (non-hydrogen) atoms. The Hall–Kier alpha value is -1.94. The molecule has 0 aromatic carbocycles. The molecule has 1 rings (SSSR count). The number of carbonyl (C=O) groups is 2. The summed E-state index contributed by atoms with van der Waals surface area (Å²) in [4.78, 5) is 22.7. The normalized spacial score (nSPS) is 28.5. The highest BCUT2D eigenvalue weighted by Gasteiger charge is 2.32. The first-order valence-electron chi connectivity index (χ1n) is 7.64. The molecule has 0 radical (unpaired) electrons. The van der Waals surface area contributed by atoms with E-state index in [9.17, 15) is 9.59 Å². The molecule has 1 aliphatic rings. The Morgan fingerprint density at radius 1 is 0.818 bits per heavy atom. The van der Waals surface area contributed by atoms with Gasteiger partial charge in [0.05, 0.1) is 0 Å². The lowest BCUT2D eigenvalue weighted by Gasteiger charge is -2.29. The van der Waals surface area contributed by atoms with Gasteiger partial charge in [-0.15, -0.1) is 0 Å². The van der Waals surface area contributed by atoms with Crippen molar-refractivity contribution in [2.45, 2.75) is 77.4 Å². The first kappa shape index (κ1) is 18.1. The van der Waals surface area contributed by atoms with Gasteiger partial charge >= 0.3 is 11.9 Å². The van der Waals surface area contributed by atoms with Crippen LogP contribution in [0.1, 0.15) is 66.2 Å². The molecule has 4 heteroatoms.